The predicted octanol–water partition coefficient (Wildman–Crippen LogP) is 1.75. The van der Waals surface area contributed by atoms with Crippen LogP contribution in [0.3, 0.4) is 0 Å². The van der Waals surface area contributed by atoms with Crippen molar-refractivity contribution in [2.75, 3.05) is 0 Å². The average molecular weight is 217 g/mol. The summed E-state index contributed by atoms with van der Waals surface area (Å²) in [4.78, 5) is 11.3. The topological polar surface area (TPSA) is 46.4 Å². The van der Waals surface area contributed by atoms with Gasteiger partial charge in [-0.15, -0.1) is 0 Å². The molecule has 0 unspecified atom stereocenters. The van der Waals surface area contributed by atoms with Crippen molar-refractivity contribution in [2.45, 2.75) is 26.3 Å². The lowest BCUT2D eigenvalue weighted by Crippen LogP contribution is -2.22. The number of nitrogens with one attached hydrogen (secondary N) is 1. The molecule has 1 amide bonds. The van der Waals surface area contributed by atoms with E-state index in [-0.39, 0.29) is 5.91 Å². The number of aromatic nitrogens is 2. The molecule has 4 heteroatoms. The van der Waals surface area contributed by atoms with Crippen molar-refractivity contribution in [1.82, 2.24) is 14.9 Å². The molecule has 0 aliphatic carbocycles. The fourth-order valence-corrected chi connectivity index (χ4v) is 1.58. The summed E-state index contributed by atoms with van der Waals surface area (Å²) >= 11 is 0. The molecule has 2 heterocycles. The van der Waals surface area contributed by atoms with Gasteiger partial charge in [-0.05, 0) is 24.6 Å². The second-order valence-corrected chi connectivity index (χ2v) is 3.73. The number of hydrogen-bond donors (Lipinski definition) is 1. The van der Waals surface area contributed by atoms with Crippen molar-refractivity contribution >= 4 is 11.4 Å². The van der Waals surface area contributed by atoms with Gasteiger partial charge >= 0.3 is 0 Å². The molecule has 0 saturated heterocycles. The number of rotatable bonds is 4. The van der Waals surface area contributed by atoms with Crippen LogP contribution in [0.2, 0.25) is 0 Å². The van der Waals surface area contributed by atoms with Gasteiger partial charge in [0.1, 0.15) is 0 Å². The van der Waals surface area contributed by atoms with Crippen molar-refractivity contribution in [3.8, 4) is 0 Å². The third-order valence-corrected chi connectivity index (χ3v) is 2.36. The molecule has 0 aliphatic heterocycles. The quantitative estimate of drug-likeness (QED) is 0.848. The molecule has 2 aromatic heterocycles. The number of hydrogen-bond acceptors (Lipinski definition) is 2. The van der Waals surface area contributed by atoms with Gasteiger partial charge in [-0.25, -0.2) is 4.52 Å². The number of amides is 1. The highest BCUT2D eigenvalue weighted by Crippen LogP contribution is 2.05. The summed E-state index contributed by atoms with van der Waals surface area (Å²) in [5.74, 6) is 0.0829. The Balaban J connectivity index is 2.02. The van der Waals surface area contributed by atoms with E-state index in [1.165, 1.54) is 0 Å². The molecule has 4 nitrogen and oxygen atoms in total. The van der Waals surface area contributed by atoms with Gasteiger partial charge in [-0.1, -0.05) is 13.0 Å². The Bertz CT molecular complexity index is 457. The number of pyridine rings is 1. The van der Waals surface area contributed by atoms with Gasteiger partial charge in [0, 0.05) is 12.6 Å². The average Bonchev–Trinajstić information content (AvgIpc) is 2.69. The summed E-state index contributed by atoms with van der Waals surface area (Å²) in [6.45, 7) is 2.49. The van der Waals surface area contributed by atoms with Crippen LogP contribution < -0.4 is 5.32 Å². The van der Waals surface area contributed by atoms with Crippen LogP contribution in [0.4, 0.5) is 0 Å². The summed E-state index contributed by atoms with van der Waals surface area (Å²) in [7, 11) is 0. The monoisotopic (exact) mass is 217 g/mol. The zero-order valence-corrected chi connectivity index (χ0v) is 9.31. The van der Waals surface area contributed by atoms with Crippen molar-refractivity contribution in [1.29, 1.82) is 0 Å². The first-order valence-corrected chi connectivity index (χ1v) is 5.49. The second-order valence-electron chi connectivity index (χ2n) is 3.73. The molecule has 0 radical (unpaired) electrons. The Morgan fingerprint density at radius 2 is 2.38 bits per heavy atom. The van der Waals surface area contributed by atoms with E-state index in [4.69, 9.17) is 0 Å². The second kappa shape index (κ2) is 4.79. The molecule has 2 aromatic rings. The lowest BCUT2D eigenvalue weighted by Gasteiger charge is -2.00. The van der Waals surface area contributed by atoms with Crippen LogP contribution in [0.25, 0.3) is 5.52 Å². The summed E-state index contributed by atoms with van der Waals surface area (Å²) < 4.78 is 1.81. The minimum Gasteiger partial charge on any atom is -0.350 e. The number of carbonyl (C=O) groups is 1. The zero-order valence-electron chi connectivity index (χ0n) is 9.31. The van der Waals surface area contributed by atoms with Crippen molar-refractivity contribution in [2.24, 2.45) is 0 Å². The van der Waals surface area contributed by atoms with Gasteiger partial charge in [0.25, 0.3) is 0 Å². The minimum absolute atomic E-state index is 0.0829. The van der Waals surface area contributed by atoms with Crippen molar-refractivity contribution < 1.29 is 4.79 Å². The number of nitrogens with zero attached hydrogens (tertiary/aromatic N) is 2. The van der Waals surface area contributed by atoms with Crippen LogP contribution in [0.1, 0.15) is 25.5 Å². The van der Waals surface area contributed by atoms with Crippen LogP contribution in [0, 0.1) is 0 Å². The summed E-state index contributed by atoms with van der Waals surface area (Å²) in [6.07, 6.45) is 3.34. The zero-order chi connectivity index (χ0) is 11.4. The predicted molar refractivity (Wildman–Crippen MR) is 61.9 cm³/mol. The number of fused-ring (bicyclic) bond motifs is 1. The van der Waals surface area contributed by atoms with Gasteiger partial charge in [0.15, 0.2) is 0 Å². The third kappa shape index (κ3) is 2.39. The highest BCUT2D eigenvalue weighted by molar-refractivity contribution is 5.75. The molecule has 0 atom stereocenters. The Labute approximate surface area is 94.3 Å². The van der Waals surface area contributed by atoms with Gasteiger partial charge in [-0.3, -0.25) is 4.79 Å². The number of carbonyl (C=O) groups excluding carboxylic acids is 1. The maximum Gasteiger partial charge on any atom is 0.220 e. The standard InChI is InChI=1S/C12H15N3O/c1-2-5-12(16)13-9-10-8-11-6-3-4-7-15(11)14-10/h3-4,6-8H,2,5,9H2,1H3,(H,13,16). The van der Waals surface area contributed by atoms with Crippen LogP contribution in [-0.2, 0) is 11.3 Å². The molecular weight excluding hydrogens is 202 g/mol. The maximum atomic E-state index is 11.3. The molecule has 0 aliphatic rings. The van der Waals surface area contributed by atoms with E-state index in [1.54, 1.807) is 4.52 Å². The van der Waals surface area contributed by atoms with E-state index in [0.29, 0.717) is 13.0 Å². The minimum atomic E-state index is 0.0829. The molecule has 0 bridgehead atoms. The lowest BCUT2D eigenvalue weighted by molar-refractivity contribution is -0.121. The largest absolute Gasteiger partial charge is 0.350 e. The first-order chi connectivity index (χ1) is 7.79. The van der Waals surface area contributed by atoms with Crippen LogP contribution in [-0.4, -0.2) is 15.5 Å². The first kappa shape index (κ1) is 10.7. The Hall–Kier alpha value is -1.84. The van der Waals surface area contributed by atoms with Crippen LogP contribution in [0.15, 0.2) is 30.5 Å². The van der Waals surface area contributed by atoms with E-state index in [9.17, 15) is 4.79 Å². The van der Waals surface area contributed by atoms with E-state index in [1.807, 2.05) is 37.4 Å². The van der Waals surface area contributed by atoms with E-state index < -0.39 is 0 Å². The van der Waals surface area contributed by atoms with Crippen LogP contribution >= 0.6 is 0 Å². The molecule has 0 spiro atoms. The smallest absolute Gasteiger partial charge is 0.220 e. The fourth-order valence-electron chi connectivity index (χ4n) is 1.58. The van der Waals surface area contributed by atoms with Gasteiger partial charge in [0.2, 0.25) is 5.91 Å². The van der Waals surface area contributed by atoms with Crippen molar-refractivity contribution in [3.05, 3.63) is 36.2 Å². The molecule has 2 rings (SSSR count). The van der Waals surface area contributed by atoms with Gasteiger partial charge in [-0.2, -0.15) is 5.10 Å². The molecule has 84 valence electrons. The highest BCUT2D eigenvalue weighted by Gasteiger charge is 2.03. The SMILES string of the molecule is CCCC(=O)NCc1cc2ccccn2n1. The van der Waals surface area contributed by atoms with E-state index in [2.05, 4.69) is 10.4 Å². The Morgan fingerprint density at radius 1 is 1.50 bits per heavy atom. The lowest BCUT2D eigenvalue weighted by atomic mass is 10.3. The summed E-state index contributed by atoms with van der Waals surface area (Å²) in [5.41, 5.74) is 1.93. The Kier molecular flexibility index (Phi) is 3.19. The van der Waals surface area contributed by atoms with E-state index >= 15 is 0 Å². The normalized spacial score (nSPS) is 10.6. The first-order valence-electron chi connectivity index (χ1n) is 5.49. The van der Waals surface area contributed by atoms with Crippen molar-refractivity contribution in [3.63, 3.8) is 0 Å². The third-order valence-electron chi connectivity index (χ3n) is 2.36. The molecular formula is C12H15N3O. The Morgan fingerprint density at radius 3 is 3.12 bits per heavy atom. The van der Waals surface area contributed by atoms with Gasteiger partial charge < -0.3 is 5.32 Å². The molecule has 1 N–H and O–H groups in total. The van der Waals surface area contributed by atoms with Gasteiger partial charge in [0.05, 0.1) is 17.8 Å². The maximum absolute atomic E-state index is 11.3. The highest BCUT2D eigenvalue weighted by atomic mass is 16.1. The van der Waals surface area contributed by atoms with E-state index in [0.717, 1.165) is 17.6 Å². The summed E-state index contributed by atoms with van der Waals surface area (Å²) in [5, 5.41) is 7.19. The molecule has 0 fully saturated rings. The van der Waals surface area contributed by atoms with Crippen LogP contribution in [0.5, 0.6) is 0 Å². The fraction of sp³-hybridized carbons (Fsp3) is 0.333. The molecule has 16 heavy (non-hydrogen) atoms. The summed E-state index contributed by atoms with van der Waals surface area (Å²) in [6, 6.07) is 7.87. The molecule has 0 saturated carbocycles. The molecule has 0 aromatic carbocycles.